The van der Waals surface area contributed by atoms with Crippen molar-refractivity contribution < 1.29 is 13.2 Å². The first-order valence-corrected chi connectivity index (χ1v) is 9.02. The second-order valence-corrected chi connectivity index (χ2v) is 7.26. The van der Waals surface area contributed by atoms with Crippen molar-refractivity contribution in [3.8, 4) is 0 Å². The van der Waals surface area contributed by atoms with Crippen LogP contribution in [0.15, 0.2) is 77.3 Å². The molecule has 0 unspecified atom stereocenters. The van der Waals surface area contributed by atoms with E-state index in [0.29, 0.717) is 17.5 Å². The van der Waals surface area contributed by atoms with Crippen LogP contribution in [-0.4, -0.2) is 18.7 Å². The largest absolute Gasteiger partial charge is 0.298 e. The van der Waals surface area contributed by atoms with Gasteiger partial charge in [0.25, 0.3) is 10.0 Å². The Bertz CT molecular complexity index is 1020. The molecule has 0 aliphatic heterocycles. The fourth-order valence-corrected chi connectivity index (χ4v) is 4.11. The van der Waals surface area contributed by atoms with Gasteiger partial charge in [0.15, 0.2) is 0 Å². The molecule has 3 aromatic rings. The Morgan fingerprint density at radius 1 is 1.04 bits per heavy atom. The lowest BCUT2D eigenvalue weighted by Crippen LogP contribution is -2.11. The molecule has 0 aliphatic carbocycles. The molecule has 0 atom stereocenters. The zero-order chi connectivity index (χ0) is 17.2. The first-order chi connectivity index (χ1) is 11.6. The summed E-state index contributed by atoms with van der Waals surface area (Å²) in [7, 11) is -3.69. The Morgan fingerprint density at radius 3 is 2.38 bits per heavy atom. The van der Waals surface area contributed by atoms with Gasteiger partial charge < -0.3 is 0 Å². The number of fused-ring (bicyclic) bond motifs is 1. The van der Waals surface area contributed by atoms with Crippen LogP contribution in [0.3, 0.4) is 0 Å². The molecule has 0 saturated carbocycles. The van der Waals surface area contributed by atoms with Crippen molar-refractivity contribution >= 4 is 27.2 Å². The van der Waals surface area contributed by atoms with Crippen LogP contribution < -0.4 is 0 Å². The van der Waals surface area contributed by atoms with Crippen LogP contribution in [0.25, 0.3) is 10.9 Å². The number of hydrogen-bond acceptors (Lipinski definition) is 3. The van der Waals surface area contributed by atoms with Crippen LogP contribution in [0.5, 0.6) is 0 Å². The van der Waals surface area contributed by atoms with Crippen molar-refractivity contribution in [2.45, 2.75) is 18.2 Å². The second kappa shape index (κ2) is 6.45. The molecule has 2 aromatic carbocycles. The summed E-state index contributed by atoms with van der Waals surface area (Å²) >= 11 is 0. The number of carbonyl (C=O) groups excluding carboxylic acids is 1. The molecule has 0 radical (unpaired) electrons. The van der Waals surface area contributed by atoms with E-state index in [4.69, 9.17) is 0 Å². The minimum atomic E-state index is -3.69. The van der Waals surface area contributed by atoms with Crippen LogP contribution in [-0.2, 0) is 21.2 Å². The topological polar surface area (TPSA) is 56.1 Å². The highest BCUT2D eigenvalue weighted by molar-refractivity contribution is 7.90. The highest BCUT2D eigenvalue weighted by Gasteiger charge is 2.21. The second-order valence-electron chi connectivity index (χ2n) is 5.44. The summed E-state index contributed by atoms with van der Waals surface area (Å²) in [6, 6.07) is 15.6. The summed E-state index contributed by atoms with van der Waals surface area (Å²) in [5.41, 5.74) is 2.04. The lowest BCUT2D eigenvalue weighted by molar-refractivity contribution is -0.105. The Kier molecular flexibility index (Phi) is 4.36. The normalized spacial score (nSPS) is 12.5. The molecule has 0 saturated heterocycles. The fourth-order valence-electron chi connectivity index (χ4n) is 2.70. The molecular weight excluding hydrogens is 322 g/mol. The van der Waals surface area contributed by atoms with E-state index in [2.05, 4.69) is 0 Å². The highest BCUT2D eigenvalue weighted by Crippen LogP contribution is 2.27. The van der Waals surface area contributed by atoms with Crippen molar-refractivity contribution in [3.05, 3.63) is 78.0 Å². The van der Waals surface area contributed by atoms with Gasteiger partial charge >= 0.3 is 0 Å². The standard InChI is InChI=1S/C19H17NO3S/c1-2-15(14-21)12-16-13-20(19-11-7-6-10-18(16)19)24(22,23)17-8-4-3-5-9-17/h2-11,13-14H,12H2,1H3/b15-2+. The molecule has 1 heterocycles. The van der Waals surface area contributed by atoms with Crippen molar-refractivity contribution in [2.75, 3.05) is 0 Å². The lowest BCUT2D eigenvalue weighted by atomic mass is 10.1. The van der Waals surface area contributed by atoms with Crippen LogP contribution >= 0.6 is 0 Å². The first-order valence-electron chi connectivity index (χ1n) is 7.58. The zero-order valence-corrected chi connectivity index (χ0v) is 14.0. The summed E-state index contributed by atoms with van der Waals surface area (Å²) < 4.78 is 27.2. The summed E-state index contributed by atoms with van der Waals surface area (Å²) in [4.78, 5) is 11.3. The van der Waals surface area contributed by atoms with Gasteiger partial charge in [-0.25, -0.2) is 12.4 Å². The maximum absolute atomic E-state index is 13.0. The smallest absolute Gasteiger partial charge is 0.268 e. The summed E-state index contributed by atoms with van der Waals surface area (Å²) in [6.45, 7) is 1.80. The van der Waals surface area contributed by atoms with E-state index in [-0.39, 0.29) is 4.90 Å². The number of allylic oxidation sites excluding steroid dienone is 2. The number of para-hydroxylation sites is 1. The number of benzene rings is 2. The Morgan fingerprint density at radius 2 is 1.71 bits per heavy atom. The number of aldehydes is 1. The lowest BCUT2D eigenvalue weighted by Gasteiger charge is -2.07. The third kappa shape index (κ3) is 2.78. The van der Waals surface area contributed by atoms with Gasteiger partial charge in [-0.2, -0.15) is 0 Å². The molecule has 5 heteroatoms. The number of carbonyl (C=O) groups is 1. The Hall–Kier alpha value is -2.66. The van der Waals surface area contributed by atoms with E-state index in [9.17, 15) is 13.2 Å². The molecule has 4 nitrogen and oxygen atoms in total. The Balaban J connectivity index is 2.21. The average Bonchev–Trinajstić information content (AvgIpc) is 3.00. The van der Waals surface area contributed by atoms with E-state index in [1.807, 2.05) is 12.1 Å². The minimum absolute atomic E-state index is 0.235. The summed E-state index contributed by atoms with van der Waals surface area (Å²) in [6.07, 6.45) is 4.56. The minimum Gasteiger partial charge on any atom is -0.298 e. The Labute approximate surface area is 141 Å². The van der Waals surface area contributed by atoms with Gasteiger partial charge in [0.2, 0.25) is 0 Å². The highest BCUT2D eigenvalue weighted by atomic mass is 32.2. The number of nitrogens with zero attached hydrogens (tertiary/aromatic N) is 1. The van der Waals surface area contributed by atoms with E-state index >= 15 is 0 Å². The molecule has 24 heavy (non-hydrogen) atoms. The molecule has 0 spiro atoms. The molecule has 0 aliphatic rings. The van der Waals surface area contributed by atoms with Gasteiger partial charge in [-0.3, -0.25) is 4.79 Å². The maximum atomic E-state index is 13.0. The summed E-state index contributed by atoms with van der Waals surface area (Å²) in [5.74, 6) is 0. The fraction of sp³-hybridized carbons (Fsp3) is 0.105. The van der Waals surface area contributed by atoms with Crippen molar-refractivity contribution in [3.63, 3.8) is 0 Å². The third-order valence-electron chi connectivity index (χ3n) is 3.98. The van der Waals surface area contributed by atoms with Gasteiger partial charge in [-0.1, -0.05) is 42.5 Å². The first kappa shape index (κ1) is 16.2. The van der Waals surface area contributed by atoms with Gasteiger partial charge in [0, 0.05) is 18.0 Å². The van der Waals surface area contributed by atoms with E-state index in [1.165, 1.54) is 3.97 Å². The number of hydrogen-bond donors (Lipinski definition) is 0. The summed E-state index contributed by atoms with van der Waals surface area (Å²) in [5, 5.41) is 0.832. The van der Waals surface area contributed by atoms with Crippen molar-refractivity contribution in [1.82, 2.24) is 3.97 Å². The molecule has 0 amide bonds. The monoisotopic (exact) mass is 339 g/mol. The molecule has 0 N–H and O–H groups in total. The van der Waals surface area contributed by atoms with Crippen LogP contribution in [0.4, 0.5) is 0 Å². The molecule has 3 rings (SSSR count). The van der Waals surface area contributed by atoms with Gasteiger partial charge in [0.05, 0.1) is 10.4 Å². The number of rotatable bonds is 5. The predicted octanol–water partition coefficient (Wildman–Crippen LogP) is 3.57. The van der Waals surface area contributed by atoms with Gasteiger partial charge in [-0.05, 0) is 36.3 Å². The predicted molar refractivity (Wildman–Crippen MR) is 94.5 cm³/mol. The van der Waals surface area contributed by atoms with Crippen molar-refractivity contribution in [1.29, 1.82) is 0 Å². The molecular formula is C19H17NO3S. The quantitative estimate of drug-likeness (QED) is 0.527. The molecule has 0 bridgehead atoms. The molecule has 1 aromatic heterocycles. The third-order valence-corrected chi connectivity index (χ3v) is 5.67. The van der Waals surface area contributed by atoms with Gasteiger partial charge in [0.1, 0.15) is 6.29 Å². The van der Waals surface area contributed by atoms with Crippen molar-refractivity contribution in [2.24, 2.45) is 0 Å². The zero-order valence-electron chi connectivity index (χ0n) is 13.2. The van der Waals surface area contributed by atoms with Crippen LogP contribution in [0, 0.1) is 0 Å². The maximum Gasteiger partial charge on any atom is 0.268 e. The average molecular weight is 339 g/mol. The molecule has 122 valence electrons. The SMILES string of the molecule is C/C=C(/C=O)Cc1cn(S(=O)(=O)c2ccccc2)c2ccccc12. The van der Waals surface area contributed by atoms with E-state index in [0.717, 1.165) is 17.2 Å². The van der Waals surface area contributed by atoms with Crippen LogP contribution in [0.1, 0.15) is 12.5 Å². The van der Waals surface area contributed by atoms with E-state index < -0.39 is 10.0 Å². The molecule has 0 fully saturated rings. The number of aromatic nitrogens is 1. The van der Waals surface area contributed by atoms with Crippen LogP contribution in [0.2, 0.25) is 0 Å². The van der Waals surface area contributed by atoms with E-state index in [1.54, 1.807) is 61.7 Å². The van der Waals surface area contributed by atoms with Gasteiger partial charge in [-0.15, -0.1) is 0 Å².